The maximum atomic E-state index is 13.8. The summed E-state index contributed by atoms with van der Waals surface area (Å²) in [5, 5.41) is 7.82. The molecule has 3 atom stereocenters. The van der Waals surface area contributed by atoms with E-state index in [2.05, 4.69) is 20.3 Å². The molecule has 0 bridgehead atoms. The Kier molecular flexibility index (Phi) is 5.79. The van der Waals surface area contributed by atoms with Gasteiger partial charge < -0.3 is 5.32 Å². The van der Waals surface area contributed by atoms with Gasteiger partial charge in [-0.2, -0.15) is 18.3 Å². The van der Waals surface area contributed by atoms with Crippen LogP contribution < -0.4 is 5.32 Å². The van der Waals surface area contributed by atoms with Gasteiger partial charge in [0, 0.05) is 31.0 Å². The second-order valence-electron chi connectivity index (χ2n) is 8.97. The molecule has 1 fully saturated rings. The minimum absolute atomic E-state index is 0.0138. The van der Waals surface area contributed by atoms with Crippen molar-refractivity contribution in [2.45, 2.75) is 77.3 Å². The third-order valence-corrected chi connectivity index (χ3v) is 6.51. The first-order valence-corrected chi connectivity index (χ1v) is 10.8. The topological polar surface area (TPSA) is 46.0 Å². The standard InChI is InChI=1S/C22H30F3N5/c1-14(2)17-10-20(22(23,24)25)30-21(27-17)11-18(28-30)19-6-4-5-9-29(19)13-16-7-8-26-12-15(16)3/h7-8,11-12,14,17,19-20,27H,4-6,9-10,13H2,1-3H3/t17-,19?,20+/m0/s1. The van der Waals surface area contributed by atoms with Crippen molar-refractivity contribution in [1.29, 1.82) is 0 Å². The van der Waals surface area contributed by atoms with Gasteiger partial charge in [-0.25, -0.2) is 4.68 Å². The Hall–Kier alpha value is -2.09. The lowest BCUT2D eigenvalue weighted by atomic mass is 9.94. The van der Waals surface area contributed by atoms with Crippen LogP contribution in [-0.4, -0.2) is 38.4 Å². The number of halogens is 3. The number of piperidine rings is 1. The molecule has 5 nitrogen and oxygen atoms in total. The summed E-state index contributed by atoms with van der Waals surface area (Å²) >= 11 is 0. The van der Waals surface area contributed by atoms with Crippen LogP contribution in [0.25, 0.3) is 0 Å². The van der Waals surface area contributed by atoms with E-state index in [0.29, 0.717) is 5.82 Å². The molecule has 30 heavy (non-hydrogen) atoms. The van der Waals surface area contributed by atoms with Crippen molar-refractivity contribution >= 4 is 5.82 Å². The van der Waals surface area contributed by atoms with Gasteiger partial charge in [0.15, 0.2) is 6.04 Å². The molecule has 4 heterocycles. The van der Waals surface area contributed by atoms with Crippen LogP contribution in [0.3, 0.4) is 0 Å². The number of nitrogens with zero attached hydrogens (tertiary/aromatic N) is 4. The van der Waals surface area contributed by atoms with Gasteiger partial charge in [0.2, 0.25) is 0 Å². The molecule has 0 radical (unpaired) electrons. The number of pyridine rings is 1. The molecule has 4 rings (SSSR count). The maximum absolute atomic E-state index is 13.8. The number of alkyl halides is 3. The minimum atomic E-state index is -4.31. The summed E-state index contributed by atoms with van der Waals surface area (Å²) in [5.74, 6) is 0.602. The summed E-state index contributed by atoms with van der Waals surface area (Å²) in [6.07, 6.45) is 2.41. The molecule has 0 amide bonds. The van der Waals surface area contributed by atoms with Gasteiger partial charge >= 0.3 is 6.18 Å². The Morgan fingerprint density at radius 3 is 2.77 bits per heavy atom. The predicted molar refractivity (Wildman–Crippen MR) is 110 cm³/mol. The minimum Gasteiger partial charge on any atom is -0.367 e. The summed E-state index contributed by atoms with van der Waals surface area (Å²) in [6, 6.07) is 2.10. The van der Waals surface area contributed by atoms with E-state index in [9.17, 15) is 13.2 Å². The molecule has 2 aliphatic heterocycles. The number of fused-ring (bicyclic) bond motifs is 1. The van der Waals surface area contributed by atoms with Crippen LogP contribution in [0.15, 0.2) is 24.5 Å². The first-order valence-electron chi connectivity index (χ1n) is 10.8. The lowest BCUT2D eigenvalue weighted by Crippen LogP contribution is -2.41. The van der Waals surface area contributed by atoms with Gasteiger partial charge in [-0.15, -0.1) is 0 Å². The van der Waals surface area contributed by atoms with Crippen molar-refractivity contribution < 1.29 is 13.2 Å². The number of likely N-dealkylation sites (tertiary alicyclic amines) is 1. The molecule has 0 aromatic carbocycles. The molecule has 2 aliphatic rings. The van der Waals surface area contributed by atoms with E-state index in [0.717, 1.165) is 43.6 Å². The average molecular weight is 422 g/mol. The van der Waals surface area contributed by atoms with Crippen molar-refractivity contribution in [2.75, 3.05) is 11.9 Å². The van der Waals surface area contributed by atoms with Crippen molar-refractivity contribution in [1.82, 2.24) is 19.7 Å². The monoisotopic (exact) mass is 421 g/mol. The van der Waals surface area contributed by atoms with Crippen molar-refractivity contribution in [3.8, 4) is 0 Å². The zero-order valence-corrected chi connectivity index (χ0v) is 17.8. The lowest BCUT2D eigenvalue weighted by molar-refractivity contribution is -0.174. The molecule has 1 saturated heterocycles. The Morgan fingerprint density at radius 2 is 2.07 bits per heavy atom. The van der Waals surface area contributed by atoms with Crippen LogP contribution in [0.4, 0.5) is 19.0 Å². The van der Waals surface area contributed by atoms with Crippen molar-refractivity contribution in [3.05, 3.63) is 41.3 Å². The quantitative estimate of drug-likeness (QED) is 0.732. The second-order valence-corrected chi connectivity index (χ2v) is 8.97. The molecular weight excluding hydrogens is 391 g/mol. The molecule has 0 spiro atoms. The number of nitrogens with one attached hydrogen (secondary N) is 1. The fraction of sp³-hybridized carbons (Fsp3) is 0.636. The van der Waals surface area contributed by atoms with Gasteiger partial charge in [0.1, 0.15) is 5.82 Å². The van der Waals surface area contributed by atoms with Crippen molar-refractivity contribution in [2.24, 2.45) is 5.92 Å². The average Bonchev–Trinajstić information content (AvgIpc) is 3.12. The first kappa shape index (κ1) is 21.2. The van der Waals surface area contributed by atoms with Gasteiger partial charge in [-0.3, -0.25) is 9.88 Å². The highest BCUT2D eigenvalue weighted by Gasteiger charge is 2.47. The molecule has 1 unspecified atom stereocenters. The number of rotatable bonds is 4. The van der Waals surface area contributed by atoms with E-state index in [1.807, 2.05) is 39.1 Å². The summed E-state index contributed by atoms with van der Waals surface area (Å²) in [4.78, 5) is 6.51. The number of aromatic nitrogens is 3. The summed E-state index contributed by atoms with van der Waals surface area (Å²) < 4.78 is 42.6. The number of hydrogen-bond acceptors (Lipinski definition) is 4. The van der Waals surface area contributed by atoms with E-state index < -0.39 is 12.2 Å². The van der Waals surface area contributed by atoms with Crippen LogP contribution in [0.2, 0.25) is 0 Å². The fourth-order valence-corrected chi connectivity index (χ4v) is 4.64. The predicted octanol–water partition coefficient (Wildman–Crippen LogP) is 5.26. The Labute approximate surface area is 175 Å². The Morgan fingerprint density at radius 1 is 1.27 bits per heavy atom. The van der Waals surface area contributed by atoms with Crippen LogP contribution >= 0.6 is 0 Å². The van der Waals surface area contributed by atoms with Crippen LogP contribution in [0, 0.1) is 12.8 Å². The molecule has 1 N–H and O–H groups in total. The molecule has 2 aromatic rings. The van der Waals surface area contributed by atoms with E-state index in [1.54, 1.807) is 6.20 Å². The summed E-state index contributed by atoms with van der Waals surface area (Å²) in [7, 11) is 0. The lowest BCUT2D eigenvalue weighted by Gasteiger charge is -2.35. The zero-order valence-electron chi connectivity index (χ0n) is 17.8. The molecule has 164 valence electrons. The van der Waals surface area contributed by atoms with Gasteiger partial charge in [-0.05, 0) is 55.8 Å². The highest BCUT2D eigenvalue weighted by atomic mass is 19.4. The van der Waals surface area contributed by atoms with Crippen LogP contribution in [0.5, 0.6) is 0 Å². The summed E-state index contributed by atoms with van der Waals surface area (Å²) in [6.45, 7) is 7.63. The van der Waals surface area contributed by atoms with Gasteiger partial charge in [-0.1, -0.05) is 20.3 Å². The van der Waals surface area contributed by atoms with Gasteiger partial charge in [0.25, 0.3) is 0 Å². The largest absolute Gasteiger partial charge is 0.410 e. The van der Waals surface area contributed by atoms with Crippen LogP contribution in [-0.2, 0) is 6.54 Å². The molecule has 0 saturated carbocycles. The zero-order chi connectivity index (χ0) is 21.5. The third kappa shape index (κ3) is 4.19. The van der Waals surface area contributed by atoms with E-state index in [1.165, 1.54) is 10.2 Å². The normalized spacial score (nSPS) is 25.2. The summed E-state index contributed by atoms with van der Waals surface area (Å²) in [5.41, 5.74) is 3.07. The van der Waals surface area contributed by atoms with E-state index in [-0.39, 0.29) is 24.4 Å². The highest BCUT2D eigenvalue weighted by molar-refractivity contribution is 5.42. The highest BCUT2D eigenvalue weighted by Crippen LogP contribution is 2.42. The van der Waals surface area contributed by atoms with Crippen molar-refractivity contribution in [3.63, 3.8) is 0 Å². The fourth-order valence-electron chi connectivity index (χ4n) is 4.64. The molecule has 8 heteroatoms. The third-order valence-electron chi connectivity index (χ3n) is 6.51. The SMILES string of the molecule is Cc1cnccc1CN1CCCCC1c1cc2n(n1)[C@@H](C(F)(F)F)C[C@@H](C(C)C)N2. The van der Waals surface area contributed by atoms with E-state index >= 15 is 0 Å². The Bertz CT molecular complexity index is 876. The number of anilines is 1. The maximum Gasteiger partial charge on any atom is 0.410 e. The smallest absolute Gasteiger partial charge is 0.367 e. The van der Waals surface area contributed by atoms with Gasteiger partial charge in [0.05, 0.1) is 11.7 Å². The number of hydrogen-bond donors (Lipinski definition) is 1. The Balaban J connectivity index is 1.64. The van der Waals surface area contributed by atoms with E-state index in [4.69, 9.17) is 0 Å². The molecular formula is C22H30F3N5. The second kappa shape index (κ2) is 8.21. The number of aryl methyl sites for hydroxylation is 1. The molecule has 2 aromatic heterocycles. The first-order chi connectivity index (χ1) is 14.2. The van der Waals surface area contributed by atoms with Crippen LogP contribution in [0.1, 0.15) is 68.4 Å². The molecule has 0 aliphatic carbocycles.